The summed E-state index contributed by atoms with van der Waals surface area (Å²) in [7, 11) is 3.11. The Morgan fingerprint density at radius 3 is 2.71 bits per heavy atom. The molecule has 0 fully saturated rings. The normalized spacial score (nSPS) is 10.8. The summed E-state index contributed by atoms with van der Waals surface area (Å²) in [4.78, 5) is 11.5. The van der Waals surface area contributed by atoms with Gasteiger partial charge in [0.15, 0.2) is 11.6 Å². The average Bonchev–Trinajstić information content (AvgIpc) is 2.88. The molecule has 0 unspecified atom stereocenters. The standard InChI is InChI=1S/C15H15N3O3/c1-8-4-10(18-11-7-16-14(19)13(8)11)9-5-12(20-2)15(21-3)17-6-9/h4-7,16,19H,1-3H3. The van der Waals surface area contributed by atoms with Crippen molar-refractivity contribution >= 4 is 10.9 Å². The van der Waals surface area contributed by atoms with Gasteiger partial charge in [-0.1, -0.05) is 0 Å². The quantitative estimate of drug-likeness (QED) is 0.773. The maximum Gasteiger partial charge on any atom is 0.256 e. The Labute approximate surface area is 121 Å². The zero-order valence-corrected chi connectivity index (χ0v) is 12.0. The van der Waals surface area contributed by atoms with E-state index in [-0.39, 0.29) is 5.88 Å². The van der Waals surface area contributed by atoms with Crippen molar-refractivity contribution in [3.05, 3.63) is 30.1 Å². The number of hydrogen-bond acceptors (Lipinski definition) is 5. The number of pyridine rings is 2. The van der Waals surface area contributed by atoms with Crippen LogP contribution in [0, 0.1) is 6.92 Å². The smallest absolute Gasteiger partial charge is 0.256 e. The molecule has 0 bridgehead atoms. The van der Waals surface area contributed by atoms with Gasteiger partial charge in [0.2, 0.25) is 0 Å². The zero-order valence-electron chi connectivity index (χ0n) is 12.0. The van der Waals surface area contributed by atoms with E-state index in [1.807, 2.05) is 19.1 Å². The Kier molecular flexibility index (Phi) is 3.13. The van der Waals surface area contributed by atoms with E-state index in [0.717, 1.165) is 22.2 Å². The van der Waals surface area contributed by atoms with Crippen LogP contribution in [-0.2, 0) is 0 Å². The van der Waals surface area contributed by atoms with Crippen LogP contribution in [0.1, 0.15) is 5.56 Å². The van der Waals surface area contributed by atoms with Gasteiger partial charge in [0.25, 0.3) is 5.88 Å². The van der Waals surface area contributed by atoms with Crippen molar-refractivity contribution in [2.24, 2.45) is 0 Å². The fourth-order valence-electron chi connectivity index (χ4n) is 2.34. The van der Waals surface area contributed by atoms with Crippen molar-refractivity contribution < 1.29 is 14.6 Å². The first-order valence-corrected chi connectivity index (χ1v) is 6.40. The highest BCUT2D eigenvalue weighted by atomic mass is 16.5. The molecule has 0 aromatic carbocycles. The van der Waals surface area contributed by atoms with Crippen molar-refractivity contribution in [1.82, 2.24) is 15.0 Å². The molecule has 0 aliphatic heterocycles. The summed E-state index contributed by atoms with van der Waals surface area (Å²) < 4.78 is 10.4. The van der Waals surface area contributed by atoms with Crippen LogP contribution in [0.2, 0.25) is 0 Å². The number of aromatic hydroxyl groups is 1. The summed E-state index contributed by atoms with van der Waals surface area (Å²) in [6.07, 6.45) is 3.36. The van der Waals surface area contributed by atoms with Crippen LogP contribution in [0.25, 0.3) is 22.2 Å². The lowest BCUT2D eigenvalue weighted by molar-refractivity contribution is 0.343. The molecule has 108 valence electrons. The lowest BCUT2D eigenvalue weighted by atomic mass is 10.1. The number of nitrogens with zero attached hydrogens (tertiary/aromatic N) is 2. The van der Waals surface area contributed by atoms with Gasteiger partial charge in [-0.25, -0.2) is 9.97 Å². The molecule has 21 heavy (non-hydrogen) atoms. The highest BCUT2D eigenvalue weighted by Crippen LogP contribution is 2.32. The third-order valence-electron chi connectivity index (χ3n) is 3.35. The van der Waals surface area contributed by atoms with E-state index < -0.39 is 0 Å². The third-order valence-corrected chi connectivity index (χ3v) is 3.35. The van der Waals surface area contributed by atoms with Crippen LogP contribution in [0.5, 0.6) is 17.5 Å². The van der Waals surface area contributed by atoms with Crippen LogP contribution < -0.4 is 9.47 Å². The molecule has 0 radical (unpaired) electrons. The minimum atomic E-state index is 0.131. The van der Waals surface area contributed by atoms with Gasteiger partial charge in [0.05, 0.1) is 30.8 Å². The topological polar surface area (TPSA) is 80.3 Å². The number of aromatic amines is 1. The summed E-state index contributed by atoms with van der Waals surface area (Å²) in [5.74, 6) is 1.11. The number of aryl methyl sites for hydroxylation is 1. The average molecular weight is 285 g/mol. The largest absolute Gasteiger partial charge is 0.494 e. The lowest BCUT2D eigenvalue weighted by Crippen LogP contribution is -1.95. The molecular weight excluding hydrogens is 270 g/mol. The van der Waals surface area contributed by atoms with E-state index in [9.17, 15) is 5.11 Å². The molecule has 3 aromatic rings. The number of methoxy groups -OCH3 is 2. The number of fused-ring (bicyclic) bond motifs is 1. The molecule has 0 aliphatic rings. The monoisotopic (exact) mass is 285 g/mol. The Bertz CT molecular complexity index is 811. The first-order valence-electron chi connectivity index (χ1n) is 6.40. The van der Waals surface area contributed by atoms with Crippen molar-refractivity contribution in [1.29, 1.82) is 0 Å². The number of ether oxygens (including phenoxy) is 2. The second kappa shape index (κ2) is 4.97. The molecule has 3 aromatic heterocycles. The summed E-state index contributed by atoms with van der Waals surface area (Å²) >= 11 is 0. The van der Waals surface area contributed by atoms with E-state index in [2.05, 4.69) is 15.0 Å². The van der Waals surface area contributed by atoms with Crippen molar-refractivity contribution in [2.75, 3.05) is 14.2 Å². The van der Waals surface area contributed by atoms with E-state index in [1.54, 1.807) is 26.6 Å². The maximum absolute atomic E-state index is 9.76. The number of rotatable bonds is 3. The summed E-state index contributed by atoms with van der Waals surface area (Å²) in [6, 6.07) is 3.73. The van der Waals surface area contributed by atoms with Gasteiger partial charge in [-0.15, -0.1) is 0 Å². The lowest BCUT2D eigenvalue weighted by Gasteiger charge is -2.09. The van der Waals surface area contributed by atoms with Gasteiger partial charge >= 0.3 is 0 Å². The van der Waals surface area contributed by atoms with E-state index in [1.165, 1.54) is 0 Å². The Morgan fingerprint density at radius 2 is 2.00 bits per heavy atom. The van der Waals surface area contributed by atoms with E-state index >= 15 is 0 Å². The first-order chi connectivity index (χ1) is 10.1. The van der Waals surface area contributed by atoms with Gasteiger partial charge in [-0.05, 0) is 24.6 Å². The minimum absolute atomic E-state index is 0.131. The maximum atomic E-state index is 9.76. The predicted molar refractivity (Wildman–Crippen MR) is 78.8 cm³/mol. The van der Waals surface area contributed by atoms with Crippen molar-refractivity contribution in [2.45, 2.75) is 6.92 Å². The van der Waals surface area contributed by atoms with Crippen LogP contribution in [0.3, 0.4) is 0 Å². The van der Waals surface area contributed by atoms with Crippen LogP contribution in [0.4, 0.5) is 0 Å². The second-order valence-electron chi connectivity index (χ2n) is 4.66. The zero-order chi connectivity index (χ0) is 15.0. The number of hydrogen-bond donors (Lipinski definition) is 2. The van der Waals surface area contributed by atoms with E-state index in [4.69, 9.17) is 9.47 Å². The van der Waals surface area contributed by atoms with Crippen LogP contribution >= 0.6 is 0 Å². The second-order valence-corrected chi connectivity index (χ2v) is 4.66. The van der Waals surface area contributed by atoms with Crippen LogP contribution in [-0.4, -0.2) is 34.3 Å². The van der Waals surface area contributed by atoms with Crippen LogP contribution in [0.15, 0.2) is 24.5 Å². The molecular formula is C15H15N3O3. The highest BCUT2D eigenvalue weighted by Gasteiger charge is 2.12. The molecule has 0 aliphatic carbocycles. The van der Waals surface area contributed by atoms with E-state index in [0.29, 0.717) is 17.1 Å². The Hall–Kier alpha value is -2.76. The fraction of sp³-hybridized carbons (Fsp3) is 0.200. The molecule has 0 saturated carbocycles. The number of aromatic nitrogens is 3. The van der Waals surface area contributed by atoms with Gasteiger partial charge in [-0.2, -0.15) is 0 Å². The first kappa shape index (κ1) is 13.2. The molecule has 3 rings (SSSR count). The molecule has 3 heterocycles. The molecule has 0 atom stereocenters. The van der Waals surface area contributed by atoms with Gasteiger partial charge in [-0.3, -0.25) is 0 Å². The molecule has 0 amide bonds. The minimum Gasteiger partial charge on any atom is -0.494 e. The Morgan fingerprint density at radius 1 is 1.19 bits per heavy atom. The third kappa shape index (κ3) is 2.14. The van der Waals surface area contributed by atoms with Gasteiger partial charge in [0, 0.05) is 18.0 Å². The summed E-state index contributed by atoms with van der Waals surface area (Å²) in [5.41, 5.74) is 3.21. The highest BCUT2D eigenvalue weighted by molar-refractivity contribution is 5.89. The molecule has 2 N–H and O–H groups in total. The SMILES string of the molecule is COc1cc(-c2cc(C)c3c(O)[nH]cc3n2)cnc1OC. The molecule has 0 saturated heterocycles. The fourth-order valence-corrected chi connectivity index (χ4v) is 2.34. The number of nitrogens with one attached hydrogen (secondary N) is 1. The summed E-state index contributed by atoms with van der Waals surface area (Å²) in [5, 5.41) is 10.5. The Balaban J connectivity index is 2.16. The molecule has 0 spiro atoms. The number of H-pyrrole nitrogens is 1. The van der Waals surface area contributed by atoms with Gasteiger partial charge in [0.1, 0.15) is 0 Å². The summed E-state index contributed by atoms with van der Waals surface area (Å²) in [6.45, 7) is 1.93. The molecule has 6 nitrogen and oxygen atoms in total. The van der Waals surface area contributed by atoms with Crippen molar-refractivity contribution in [3.8, 4) is 28.8 Å². The van der Waals surface area contributed by atoms with Crippen molar-refractivity contribution in [3.63, 3.8) is 0 Å². The molecule has 6 heteroatoms. The predicted octanol–water partition coefficient (Wildman–Crippen LogP) is 2.66. The van der Waals surface area contributed by atoms with Gasteiger partial charge < -0.3 is 19.6 Å².